The fourth-order valence-electron chi connectivity index (χ4n) is 4.55. The molecule has 12 nitrogen and oxygen atoms in total. The summed E-state index contributed by atoms with van der Waals surface area (Å²) in [4.78, 5) is 64.8. The van der Waals surface area contributed by atoms with E-state index in [9.17, 15) is 38.8 Å². The zero-order valence-electron chi connectivity index (χ0n) is 21.6. The highest BCUT2D eigenvalue weighted by Crippen LogP contribution is 2.25. The molecule has 1 saturated heterocycles. The topological polar surface area (TPSA) is 162 Å². The van der Waals surface area contributed by atoms with Gasteiger partial charge in [0.1, 0.15) is 5.82 Å². The van der Waals surface area contributed by atoms with E-state index in [1.54, 1.807) is 30.3 Å². The Labute approximate surface area is 233 Å². The van der Waals surface area contributed by atoms with Gasteiger partial charge < -0.3 is 20.6 Å². The molecule has 2 unspecified atom stereocenters. The Balaban J connectivity index is 1.63. The molecule has 0 radical (unpaired) electrons. The van der Waals surface area contributed by atoms with Gasteiger partial charge in [-0.15, -0.1) is 0 Å². The second kappa shape index (κ2) is 12.7. The largest absolute Gasteiger partial charge is 0.481 e. The van der Waals surface area contributed by atoms with E-state index in [0.29, 0.717) is 5.56 Å². The summed E-state index contributed by atoms with van der Waals surface area (Å²) in [5.74, 6) is -3.20. The maximum Gasteiger partial charge on any atom is 0.323 e. The average molecular weight is 564 g/mol. The van der Waals surface area contributed by atoms with Crippen molar-refractivity contribution in [2.24, 2.45) is 0 Å². The lowest BCUT2D eigenvalue weighted by atomic mass is 10.0. The number of hydrogen-bond acceptors (Lipinski definition) is 6. The third kappa shape index (κ3) is 7.20. The van der Waals surface area contributed by atoms with E-state index in [2.05, 4.69) is 10.6 Å². The minimum Gasteiger partial charge on any atom is -0.481 e. The van der Waals surface area contributed by atoms with Gasteiger partial charge in [0.15, 0.2) is 6.17 Å². The number of urea groups is 1. The Morgan fingerprint density at radius 2 is 1.68 bits per heavy atom. The number of nitrogens with zero attached hydrogens (tertiary/aromatic N) is 3. The van der Waals surface area contributed by atoms with Gasteiger partial charge in [-0.1, -0.05) is 48.5 Å². The van der Waals surface area contributed by atoms with Gasteiger partial charge in [0.25, 0.3) is 11.6 Å². The molecule has 1 aliphatic heterocycles. The van der Waals surface area contributed by atoms with Crippen molar-refractivity contribution >= 4 is 35.2 Å². The van der Waals surface area contributed by atoms with E-state index in [4.69, 9.17) is 0 Å². The monoisotopic (exact) mass is 563 g/mol. The van der Waals surface area contributed by atoms with Gasteiger partial charge in [-0.2, -0.15) is 0 Å². The number of amides is 4. The molecule has 0 aromatic heterocycles. The lowest BCUT2D eigenvalue weighted by Crippen LogP contribution is -2.55. The second-order valence-corrected chi connectivity index (χ2v) is 9.27. The number of anilines is 1. The molecule has 0 bridgehead atoms. The standard InChI is InChI=1S/C28H26FN5O7/c29-20-9-5-10-21(16-20)30-28(39)33-13-12-32(24(35)14-18-6-2-1-3-7-18)27(33)26(38)31-23(17-25(36)37)19-8-4-11-22(15-19)34(40)41/h1-11,15-16,23,27H,12-14,17H2,(H,30,39)(H,31,38)(H,36,37). The van der Waals surface area contributed by atoms with Gasteiger partial charge in [-0.05, 0) is 29.3 Å². The molecular formula is C28H26FN5O7. The van der Waals surface area contributed by atoms with Crippen LogP contribution < -0.4 is 10.6 Å². The Morgan fingerprint density at radius 3 is 2.37 bits per heavy atom. The van der Waals surface area contributed by atoms with E-state index in [1.807, 2.05) is 0 Å². The van der Waals surface area contributed by atoms with E-state index in [1.165, 1.54) is 41.3 Å². The van der Waals surface area contributed by atoms with Crippen molar-refractivity contribution in [1.82, 2.24) is 15.1 Å². The molecule has 2 atom stereocenters. The van der Waals surface area contributed by atoms with Crippen LogP contribution in [0.15, 0.2) is 78.9 Å². The van der Waals surface area contributed by atoms with E-state index < -0.39 is 53.2 Å². The minimum atomic E-state index is -1.48. The highest BCUT2D eigenvalue weighted by molar-refractivity contribution is 5.96. The molecule has 1 aliphatic rings. The lowest BCUT2D eigenvalue weighted by Gasteiger charge is -2.31. The summed E-state index contributed by atoms with van der Waals surface area (Å²) >= 11 is 0. The van der Waals surface area contributed by atoms with Gasteiger partial charge in [-0.25, -0.2) is 9.18 Å². The molecule has 0 spiro atoms. The number of rotatable bonds is 9. The fourth-order valence-corrected chi connectivity index (χ4v) is 4.55. The van der Waals surface area contributed by atoms with Crippen LogP contribution in [0.4, 0.5) is 20.6 Å². The number of non-ortho nitro benzene ring substituents is 1. The lowest BCUT2D eigenvalue weighted by molar-refractivity contribution is -0.384. The maximum absolute atomic E-state index is 13.7. The first-order valence-electron chi connectivity index (χ1n) is 12.6. The van der Waals surface area contributed by atoms with Crippen LogP contribution >= 0.6 is 0 Å². The zero-order valence-corrected chi connectivity index (χ0v) is 21.6. The van der Waals surface area contributed by atoms with Crippen molar-refractivity contribution in [2.75, 3.05) is 18.4 Å². The number of carboxylic acids is 1. The van der Waals surface area contributed by atoms with Crippen molar-refractivity contribution in [3.05, 3.63) is 106 Å². The summed E-state index contributed by atoms with van der Waals surface area (Å²) in [6, 6.07) is 17.1. The molecule has 1 heterocycles. The number of nitrogens with one attached hydrogen (secondary N) is 2. The SMILES string of the molecule is O=C(O)CC(NC(=O)C1N(C(=O)Cc2ccccc2)CCN1C(=O)Nc1cccc(F)c1)c1cccc([N+](=O)[O-])c1. The van der Waals surface area contributed by atoms with Crippen LogP contribution in [0.25, 0.3) is 0 Å². The quantitative estimate of drug-likeness (QED) is 0.266. The van der Waals surface area contributed by atoms with Crippen molar-refractivity contribution in [2.45, 2.75) is 25.0 Å². The predicted octanol–water partition coefficient (Wildman–Crippen LogP) is 3.31. The van der Waals surface area contributed by atoms with Crippen LogP contribution in [0.1, 0.15) is 23.6 Å². The molecule has 4 rings (SSSR count). The normalized spacial score (nSPS) is 15.2. The Bertz CT molecular complexity index is 1470. The molecular weight excluding hydrogens is 537 g/mol. The third-order valence-electron chi connectivity index (χ3n) is 6.44. The van der Waals surface area contributed by atoms with Gasteiger partial charge in [0.2, 0.25) is 5.91 Å². The van der Waals surface area contributed by atoms with Crippen molar-refractivity contribution < 1.29 is 33.6 Å². The molecule has 3 aromatic rings. The van der Waals surface area contributed by atoms with Gasteiger partial charge in [0, 0.05) is 30.9 Å². The van der Waals surface area contributed by atoms with E-state index in [-0.39, 0.29) is 36.4 Å². The average Bonchev–Trinajstić information content (AvgIpc) is 3.39. The molecule has 4 amide bonds. The fraction of sp³-hybridized carbons (Fsp3) is 0.214. The van der Waals surface area contributed by atoms with Gasteiger partial charge in [-0.3, -0.25) is 29.4 Å². The third-order valence-corrected chi connectivity index (χ3v) is 6.44. The Morgan fingerprint density at radius 1 is 0.976 bits per heavy atom. The van der Waals surface area contributed by atoms with Crippen LogP contribution in [-0.2, 0) is 20.8 Å². The molecule has 0 aliphatic carbocycles. The Hall–Kier alpha value is -5.33. The second-order valence-electron chi connectivity index (χ2n) is 9.27. The maximum atomic E-state index is 13.7. The highest BCUT2D eigenvalue weighted by atomic mass is 19.1. The predicted molar refractivity (Wildman–Crippen MR) is 144 cm³/mol. The number of nitro benzene ring substituents is 1. The number of carbonyl (C=O) groups is 4. The summed E-state index contributed by atoms with van der Waals surface area (Å²) in [7, 11) is 0. The molecule has 0 saturated carbocycles. The number of benzene rings is 3. The number of halogens is 1. The first-order chi connectivity index (χ1) is 19.6. The van der Waals surface area contributed by atoms with Crippen LogP contribution in [0.3, 0.4) is 0 Å². The smallest absolute Gasteiger partial charge is 0.323 e. The summed E-state index contributed by atoms with van der Waals surface area (Å²) in [5.41, 5.74) is 0.665. The minimum absolute atomic E-state index is 0.000725. The molecule has 41 heavy (non-hydrogen) atoms. The van der Waals surface area contributed by atoms with E-state index >= 15 is 0 Å². The highest BCUT2D eigenvalue weighted by Gasteiger charge is 2.43. The van der Waals surface area contributed by atoms with Crippen molar-refractivity contribution in [3.8, 4) is 0 Å². The van der Waals surface area contributed by atoms with Gasteiger partial charge >= 0.3 is 12.0 Å². The van der Waals surface area contributed by atoms with Crippen LogP contribution in [0.2, 0.25) is 0 Å². The molecule has 1 fully saturated rings. The van der Waals surface area contributed by atoms with E-state index in [0.717, 1.165) is 17.0 Å². The zero-order chi connectivity index (χ0) is 29.5. The first kappa shape index (κ1) is 28.7. The summed E-state index contributed by atoms with van der Waals surface area (Å²) in [6.07, 6.45) is -2.16. The number of hydrogen-bond donors (Lipinski definition) is 3. The molecule has 212 valence electrons. The van der Waals surface area contributed by atoms with Crippen LogP contribution in [0.5, 0.6) is 0 Å². The first-order valence-corrected chi connectivity index (χ1v) is 12.6. The van der Waals surface area contributed by atoms with Gasteiger partial charge in [0.05, 0.1) is 23.8 Å². The summed E-state index contributed by atoms with van der Waals surface area (Å²) < 4.78 is 13.7. The number of aliphatic carboxylic acids is 1. The number of nitro groups is 1. The Kier molecular flexibility index (Phi) is 8.87. The summed E-state index contributed by atoms with van der Waals surface area (Å²) in [5, 5.41) is 25.8. The molecule has 3 aromatic carbocycles. The summed E-state index contributed by atoms with van der Waals surface area (Å²) in [6.45, 7) is -0.0408. The molecule has 3 N–H and O–H groups in total. The van der Waals surface area contributed by atoms with Crippen LogP contribution in [-0.4, -0.2) is 62.9 Å². The number of carboxylic acid groups (broad SMARTS) is 1. The van der Waals surface area contributed by atoms with Crippen molar-refractivity contribution in [1.29, 1.82) is 0 Å². The molecule has 13 heteroatoms. The van der Waals surface area contributed by atoms with Crippen molar-refractivity contribution in [3.63, 3.8) is 0 Å². The number of carbonyl (C=O) groups excluding carboxylic acids is 3. The van der Waals surface area contributed by atoms with Crippen LogP contribution in [0, 0.1) is 15.9 Å².